The lowest BCUT2D eigenvalue weighted by Gasteiger charge is -2.12. The van der Waals surface area contributed by atoms with Crippen LogP contribution < -0.4 is 15.2 Å². The predicted molar refractivity (Wildman–Crippen MR) is 70.9 cm³/mol. The van der Waals surface area contributed by atoms with Gasteiger partial charge in [0, 0.05) is 6.42 Å². The first-order valence-electron chi connectivity index (χ1n) is 6.34. The Morgan fingerprint density at radius 2 is 1.83 bits per heavy atom. The van der Waals surface area contributed by atoms with Gasteiger partial charge in [-0.05, 0) is 44.4 Å². The summed E-state index contributed by atoms with van der Waals surface area (Å²) in [5, 5.41) is 0. The van der Waals surface area contributed by atoms with Gasteiger partial charge in [0.15, 0.2) is 11.5 Å². The van der Waals surface area contributed by atoms with E-state index >= 15 is 0 Å². The standard InChI is InChI=1S/C14H21NO3/c1-3-17-12-9-8-11(6-5-7-14(15)16)10-13(12)18-4-2/h8-10H,3-7H2,1-2H3,(H2,15,16). The molecule has 0 fully saturated rings. The fourth-order valence-corrected chi connectivity index (χ4v) is 1.72. The van der Waals surface area contributed by atoms with Crippen molar-refractivity contribution in [3.8, 4) is 11.5 Å². The van der Waals surface area contributed by atoms with Crippen LogP contribution in [0.15, 0.2) is 18.2 Å². The lowest BCUT2D eigenvalue weighted by molar-refractivity contribution is -0.118. The normalized spacial score (nSPS) is 10.1. The minimum Gasteiger partial charge on any atom is -0.490 e. The van der Waals surface area contributed by atoms with Crippen molar-refractivity contribution in [1.82, 2.24) is 0 Å². The molecule has 0 unspecified atom stereocenters. The number of aryl methyl sites for hydroxylation is 1. The summed E-state index contributed by atoms with van der Waals surface area (Å²) in [6.45, 7) is 5.10. The average molecular weight is 251 g/mol. The highest BCUT2D eigenvalue weighted by molar-refractivity contribution is 5.73. The summed E-state index contributed by atoms with van der Waals surface area (Å²) in [7, 11) is 0. The maximum absolute atomic E-state index is 10.7. The molecule has 0 radical (unpaired) electrons. The van der Waals surface area contributed by atoms with Crippen LogP contribution in [0.5, 0.6) is 11.5 Å². The molecule has 18 heavy (non-hydrogen) atoms. The minimum absolute atomic E-state index is 0.258. The van der Waals surface area contributed by atoms with Gasteiger partial charge < -0.3 is 15.2 Å². The number of nitrogens with two attached hydrogens (primary N) is 1. The highest BCUT2D eigenvalue weighted by Gasteiger charge is 2.06. The van der Waals surface area contributed by atoms with Gasteiger partial charge in [-0.15, -0.1) is 0 Å². The first-order valence-corrected chi connectivity index (χ1v) is 6.34. The molecule has 0 bridgehead atoms. The van der Waals surface area contributed by atoms with E-state index in [2.05, 4.69) is 0 Å². The maximum atomic E-state index is 10.7. The van der Waals surface area contributed by atoms with E-state index in [4.69, 9.17) is 15.2 Å². The number of amides is 1. The van der Waals surface area contributed by atoms with E-state index in [1.165, 1.54) is 0 Å². The molecule has 4 nitrogen and oxygen atoms in total. The maximum Gasteiger partial charge on any atom is 0.217 e. The Balaban J connectivity index is 2.69. The van der Waals surface area contributed by atoms with Crippen LogP contribution in [0.1, 0.15) is 32.3 Å². The molecule has 1 aromatic rings. The fourth-order valence-electron chi connectivity index (χ4n) is 1.72. The van der Waals surface area contributed by atoms with E-state index < -0.39 is 0 Å². The van der Waals surface area contributed by atoms with Gasteiger partial charge in [-0.3, -0.25) is 4.79 Å². The van der Waals surface area contributed by atoms with E-state index in [9.17, 15) is 4.79 Å². The van der Waals surface area contributed by atoms with Gasteiger partial charge in [-0.2, -0.15) is 0 Å². The molecule has 0 heterocycles. The number of ether oxygens (including phenoxy) is 2. The van der Waals surface area contributed by atoms with Gasteiger partial charge in [0.25, 0.3) is 0 Å². The SMILES string of the molecule is CCOc1ccc(CCCC(N)=O)cc1OCC. The van der Waals surface area contributed by atoms with Crippen molar-refractivity contribution < 1.29 is 14.3 Å². The Labute approximate surface area is 108 Å². The largest absolute Gasteiger partial charge is 0.490 e. The predicted octanol–water partition coefficient (Wildman–Crippen LogP) is 2.29. The quantitative estimate of drug-likeness (QED) is 0.771. The highest BCUT2D eigenvalue weighted by Crippen LogP contribution is 2.29. The molecule has 2 N–H and O–H groups in total. The highest BCUT2D eigenvalue weighted by atomic mass is 16.5. The van der Waals surface area contributed by atoms with Crippen molar-refractivity contribution in [1.29, 1.82) is 0 Å². The molecule has 0 spiro atoms. The molecular formula is C14H21NO3. The lowest BCUT2D eigenvalue weighted by atomic mass is 10.1. The molecule has 4 heteroatoms. The zero-order chi connectivity index (χ0) is 13.4. The number of hydrogen-bond acceptors (Lipinski definition) is 3. The van der Waals surface area contributed by atoms with E-state index in [0.29, 0.717) is 19.6 Å². The number of carbonyl (C=O) groups excluding carboxylic acids is 1. The Hall–Kier alpha value is -1.71. The molecule has 0 saturated heterocycles. The first-order chi connectivity index (χ1) is 8.67. The van der Waals surface area contributed by atoms with Crippen molar-refractivity contribution in [3.05, 3.63) is 23.8 Å². The molecule has 0 aliphatic carbocycles. The zero-order valence-corrected chi connectivity index (χ0v) is 11.1. The van der Waals surface area contributed by atoms with Crippen LogP contribution in [0.4, 0.5) is 0 Å². The zero-order valence-electron chi connectivity index (χ0n) is 11.1. The van der Waals surface area contributed by atoms with Crippen LogP contribution in [-0.2, 0) is 11.2 Å². The molecule has 100 valence electrons. The van der Waals surface area contributed by atoms with Crippen molar-refractivity contribution in [3.63, 3.8) is 0 Å². The average Bonchev–Trinajstić information content (AvgIpc) is 2.32. The second-order valence-corrected chi connectivity index (χ2v) is 3.97. The molecule has 0 aromatic heterocycles. The molecule has 1 aromatic carbocycles. The van der Waals surface area contributed by atoms with Crippen LogP contribution >= 0.6 is 0 Å². The van der Waals surface area contributed by atoms with Crippen molar-refractivity contribution in [2.24, 2.45) is 5.73 Å². The van der Waals surface area contributed by atoms with Crippen LogP contribution in [0.2, 0.25) is 0 Å². The summed E-state index contributed by atoms with van der Waals surface area (Å²) in [4.78, 5) is 10.7. The summed E-state index contributed by atoms with van der Waals surface area (Å²) in [6.07, 6.45) is 1.99. The van der Waals surface area contributed by atoms with Gasteiger partial charge in [-0.1, -0.05) is 6.07 Å². The van der Waals surface area contributed by atoms with Gasteiger partial charge >= 0.3 is 0 Å². The molecule has 1 rings (SSSR count). The third kappa shape index (κ3) is 4.65. The second kappa shape index (κ2) is 7.58. The summed E-state index contributed by atoms with van der Waals surface area (Å²) in [6, 6.07) is 5.87. The topological polar surface area (TPSA) is 61.5 Å². The van der Waals surface area contributed by atoms with Crippen LogP contribution in [0, 0.1) is 0 Å². The molecule has 0 aliphatic heterocycles. The third-order valence-electron chi connectivity index (χ3n) is 2.50. The molecule has 1 amide bonds. The third-order valence-corrected chi connectivity index (χ3v) is 2.50. The summed E-state index contributed by atoms with van der Waals surface area (Å²) in [5.74, 6) is 1.26. The van der Waals surface area contributed by atoms with E-state index in [-0.39, 0.29) is 5.91 Å². The van der Waals surface area contributed by atoms with E-state index in [1.807, 2.05) is 32.0 Å². The number of carbonyl (C=O) groups is 1. The van der Waals surface area contributed by atoms with E-state index in [0.717, 1.165) is 29.9 Å². The van der Waals surface area contributed by atoms with Gasteiger partial charge in [0.05, 0.1) is 13.2 Å². The minimum atomic E-state index is -0.258. The van der Waals surface area contributed by atoms with Crippen molar-refractivity contribution in [2.45, 2.75) is 33.1 Å². The Bertz CT molecular complexity index is 391. The summed E-state index contributed by atoms with van der Waals surface area (Å²) < 4.78 is 11.0. The smallest absolute Gasteiger partial charge is 0.217 e. The van der Waals surface area contributed by atoms with Gasteiger partial charge in [0.1, 0.15) is 0 Å². The Morgan fingerprint density at radius 3 is 2.44 bits per heavy atom. The van der Waals surface area contributed by atoms with Crippen LogP contribution in [0.3, 0.4) is 0 Å². The van der Waals surface area contributed by atoms with Crippen LogP contribution in [0.25, 0.3) is 0 Å². The molecule has 0 aliphatic rings. The van der Waals surface area contributed by atoms with Gasteiger partial charge in [-0.25, -0.2) is 0 Å². The summed E-state index contributed by atoms with van der Waals surface area (Å²) >= 11 is 0. The number of hydrogen-bond donors (Lipinski definition) is 1. The van der Waals surface area contributed by atoms with E-state index in [1.54, 1.807) is 0 Å². The summed E-state index contributed by atoms with van der Waals surface area (Å²) in [5.41, 5.74) is 6.24. The second-order valence-electron chi connectivity index (χ2n) is 3.97. The number of rotatable bonds is 8. The van der Waals surface area contributed by atoms with Crippen LogP contribution in [-0.4, -0.2) is 19.1 Å². The molecular weight excluding hydrogens is 230 g/mol. The molecule has 0 saturated carbocycles. The fraction of sp³-hybridized carbons (Fsp3) is 0.500. The Morgan fingerprint density at radius 1 is 1.17 bits per heavy atom. The monoisotopic (exact) mass is 251 g/mol. The Kier molecular flexibility index (Phi) is 6.05. The number of benzene rings is 1. The number of primary amides is 1. The van der Waals surface area contributed by atoms with Crippen molar-refractivity contribution >= 4 is 5.91 Å². The van der Waals surface area contributed by atoms with Gasteiger partial charge in [0.2, 0.25) is 5.91 Å². The lowest BCUT2D eigenvalue weighted by Crippen LogP contribution is -2.10. The molecule has 0 atom stereocenters. The van der Waals surface area contributed by atoms with Crippen molar-refractivity contribution in [2.75, 3.05) is 13.2 Å². The first kappa shape index (κ1) is 14.4.